The topological polar surface area (TPSA) is 81.9 Å². The van der Waals surface area contributed by atoms with Crippen LogP contribution in [-0.2, 0) is 0 Å². The van der Waals surface area contributed by atoms with Crippen LogP contribution in [0.5, 0.6) is 5.75 Å². The van der Waals surface area contributed by atoms with Crippen molar-refractivity contribution in [1.29, 1.82) is 0 Å². The van der Waals surface area contributed by atoms with Crippen molar-refractivity contribution in [2.75, 3.05) is 12.4 Å². The number of rotatable bonds is 4. The minimum atomic E-state index is -0.320. The normalized spacial score (nSPS) is 10.3. The second-order valence-corrected chi connectivity index (χ2v) is 4.87. The highest BCUT2D eigenvalue weighted by molar-refractivity contribution is 7.13. The van der Waals surface area contributed by atoms with E-state index in [2.05, 4.69) is 20.6 Å². The van der Waals surface area contributed by atoms with Crippen LogP contribution >= 0.6 is 11.3 Å². The lowest BCUT2D eigenvalue weighted by molar-refractivity contribution is 0.102. The molecule has 3 aromatic rings. The molecular formula is C13H11N5O2S. The number of hydrogen-bond acceptors (Lipinski definition) is 6. The van der Waals surface area contributed by atoms with Crippen LogP contribution in [0.2, 0.25) is 0 Å². The molecule has 0 unspecified atom stereocenters. The SMILES string of the molecule is COc1ccc(-n2ccc(C(=O)Nc3nncs3)n2)cc1. The number of hydrogen-bond donors (Lipinski definition) is 1. The van der Waals surface area contributed by atoms with E-state index >= 15 is 0 Å². The fourth-order valence-electron chi connectivity index (χ4n) is 1.71. The molecule has 2 heterocycles. The summed E-state index contributed by atoms with van der Waals surface area (Å²) in [6.07, 6.45) is 1.72. The van der Waals surface area contributed by atoms with E-state index in [0.717, 1.165) is 11.4 Å². The number of aromatic nitrogens is 4. The van der Waals surface area contributed by atoms with Gasteiger partial charge < -0.3 is 4.74 Å². The van der Waals surface area contributed by atoms with Crippen molar-refractivity contribution in [2.45, 2.75) is 0 Å². The first-order valence-corrected chi connectivity index (χ1v) is 6.92. The summed E-state index contributed by atoms with van der Waals surface area (Å²) in [6, 6.07) is 9.02. The zero-order chi connectivity index (χ0) is 14.7. The highest BCUT2D eigenvalue weighted by Crippen LogP contribution is 2.15. The van der Waals surface area contributed by atoms with Gasteiger partial charge in [-0.2, -0.15) is 5.10 Å². The molecule has 0 radical (unpaired) electrons. The van der Waals surface area contributed by atoms with Crippen LogP contribution in [0.3, 0.4) is 0 Å². The van der Waals surface area contributed by atoms with Crippen molar-refractivity contribution in [2.24, 2.45) is 0 Å². The van der Waals surface area contributed by atoms with E-state index < -0.39 is 0 Å². The average molecular weight is 301 g/mol. The van der Waals surface area contributed by atoms with Gasteiger partial charge in [-0.25, -0.2) is 4.68 Å². The average Bonchev–Trinajstić information content (AvgIpc) is 3.18. The Bertz CT molecular complexity index is 736. The molecule has 0 saturated carbocycles. The number of methoxy groups -OCH3 is 1. The van der Waals surface area contributed by atoms with E-state index in [-0.39, 0.29) is 5.91 Å². The van der Waals surface area contributed by atoms with Crippen molar-refractivity contribution in [1.82, 2.24) is 20.0 Å². The summed E-state index contributed by atoms with van der Waals surface area (Å²) >= 11 is 1.25. The van der Waals surface area contributed by atoms with Crippen molar-refractivity contribution in [3.8, 4) is 11.4 Å². The van der Waals surface area contributed by atoms with Crippen LogP contribution in [0.1, 0.15) is 10.5 Å². The molecular weight excluding hydrogens is 290 g/mol. The van der Waals surface area contributed by atoms with E-state index in [1.165, 1.54) is 11.3 Å². The first-order valence-electron chi connectivity index (χ1n) is 6.04. The summed E-state index contributed by atoms with van der Waals surface area (Å²) in [5.74, 6) is 0.444. The van der Waals surface area contributed by atoms with E-state index in [4.69, 9.17) is 4.74 Å². The third-order valence-corrected chi connectivity index (χ3v) is 3.35. The molecule has 1 aromatic carbocycles. The molecule has 0 saturated heterocycles. The fraction of sp³-hybridized carbons (Fsp3) is 0.0769. The van der Waals surface area contributed by atoms with Gasteiger partial charge in [-0.3, -0.25) is 10.1 Å². The number of carbonyl (C=O) groups excluding carboxylic acids is 1. The van der Waals surface area contributed by atoms with Gasteiger partial charge in [0.15, 0.2) is 5.69 Å². The molecule has 0 fully saturated rings. The van der Waals surface area contributed by atoms with Crippen molar-refractivity contribution in [3.05, 3.63) is 47.7 Å². The van der Waals surface area contributed by atoms with Crippen molar-refractivity contribution in [3.63, 3.8) is 0 Å². The Hall–Kier alpha value is -2.74. The predicted molar refractivity (Wildman–Crippen MR) is 78.0 cm³/mol. The van der Waals surface area contributed by atoms with E-state index in [1.807, 2.05) is 24.3 Å². The quantitative estimate of drug-likeness (QED) is 0.797. The number of carbonyl (C=O) groups is 1. The predicted octanol–water partition coefficient (Wildman–Crippen LogP) is 1.98. The molecule has 0 spiro atoms. The van der Waals surface area contributed by atoms with E-state index in [9.17, 15) is 4.79 Å². The molecule has 8 heteroatoms. The lowest BCUT2D eigenvalue weighted by Crippen LogP contribution is -2.13. The number of benzene rings is 1. The first-order chi connectivity index (χ1) is 10.3. The second-order valence-electron chi connectivity index (χ2n) is 4.04. The summed E-state index contributed by atoms with van der Waals surface area (Å²) < 4.78 is 6.72. The summed E-state index contributed by atoms with van der Waals surface area (Å²) in [6.45, 7) is 0. The molecule has 0 bridgehead atoms. The maximum Gasteiger partial charge on any atom is 0.277 e. The monoisotopic (exact) mass is 301 g/mol. The molecule has 0 aliphatic carbocycles. The smallest absolute Gasteiger partial charge is 0.277 e. The number of nitrogens with zero attached hydrogens (tertiary/aromatic N) is 4. The molecule has 1 amide bonds. The van der Waals surface area contributed by atoms with E-state index in [0.29, 0.717) is 10.8 Å². The van der Waals surface area contributed by atoms with E-state index in [1.54, 1.807) is 29.6 Å². The Labute approximate surface area is 124 Å². The maximum atomic E-state index is 12.0. The van der Waals surface area contributed by atoms with Crippen LogP contribution in [-0.4, -0.2) is 33.0 Å². The summed E-state index contributed by atoms with van der Waals surface area (Å²) in [5, 5.41) is 14.7. The molecule has 1 N–H and O–H groups in total. The standard InChI is InChI=1S/C13H11N5O2S/c1-20-10-4-2-9(3-5-10)18-7-6-11(17-18)12(19)15-13-16-14-8-21-13/h2-8H,1H3,(H,15,16,19). The van der Waals surface area contributed by atoms with Crippen LogP contribution < -0.4 is 10.1 Å². The Balaban J connectivity index is 1.77. The van der Waals surface area contributed by atoms with Crippen LogP contribution in [0.15, 0.2) is 42.0 Å². The largest absolute Gasteiger partial charge is 0.497 e. The minimum Gasteiger partial charge on any atom is -0.497 e. The third-order valence-electron chi connectivity index (χ3n) is 2.74. The lowest BCUT2D eigenvalue weighted by Gasteiger charge is -2.03. The van der Waals surface area contributed by atoms with Gasteiger partial charge in [0.1, 0.15) is 11.3 Å². The van der Waals surface area contributed by atoms with Gasteiger partial charge in [-0.1, -0.05) is 11.3 Å². The maximum absolute atomic E-state index is 12.0. The second kappa shape index (κ2) is 5.71. The van der Waals surface area contributed by atoms with Gasteiger partial charge in [0, 0.05) is 6.20 Å². The zero-order valence-electron chi connectivity index (χ0n) is 11.1. The van der Waals surface area contributed by atoms with Gasteiger partial charge in [0.25, 0.3) is 5.91 Å². The van der Waals surface area contributed by atoms with Crippen LogP contribution in [0.4, 0.5) is 5.13 Å². The first kappa shape index (κ1) is 13.3. The molecule has 106 valence electrons. The van der Waals surface area contributed by atoms with Gasteiger partial charge in [-0.05, 0) is 30.3 Å². The fourth-order valence-corrected chi connectivity index (χ4v) is 2.15. The Morgan fingerprint density at radius 1 is 1.29 bits per heavy atom. The molecule has 0 atom stereocenters. The number of anilines is 1. The minimum absolute atomic E-state index is 0.306. The Morgan fingerprint density at radius 2 is 2.10 bits per heavy atom. The molecule has 0 aliphatic heterocycles. The summed E-state index contributed by atoms with van der Waals surface area (Å²) in [7, 11) is 1.61. The third kappa shape index (κ3) is 2.90. The Kier molecular flexibility index (Phi) is 3.61. The van der Waals surface area contributed by atoms with Crippen molar-refractivity contribution < 1.29 is 9.53 Å². The van der Waals surface area contributed by atoms with Crippen molar-refractivity contribution >= 4 is 22.4 Å². The lowest BCUT2D eigenvalue weighted by atomic mass is 10.3. The number of nitrogens with one attached hydrogen (secondary N) is 1. The highest BCUT2D eigenvalue weighted by atomic mass is 32.1. The van der Waals surface area contributed by atoms with Gasteiger partial charge in [-0.15, -0.1) is 10.2 Å². The zero-order valence-corrected chi connectivity index (χ0v) is 11.9. The summed E-state index contributed by atoms with van der Waals surface area (Å²) in [5.41, 5.74) is 2.69. The molecule has 3 rings (SSSR count). The number of ether oxygens (including phenoxy) is 1. The van der Waals surface area contributed by atoms with Gasteiger partial charge in [0.2, 0.25) is 5.13 Å². The van der Waals surface area contributed by atoms with Crippen LogP contribution in [0.25, 0.3) is 5.69 Å². The number of amides is 1. The molecule has 0 aliphatic rings. The summed E-state index contributed by atoms with van der Waals surface area (Å²) in [4.78, 5) is 12.0. The molecule has 2 aromatic heterocycles. The van der Waals surface area contributed by atoms with Gasteiger partial charge >= 0.3 is 0 Å². The molecule has 7 nitrogen and oxygen atoms in total. The highest BCUT2D eigenvalue weighted by Gasteiger charge is 2.12. The Morgan fingerprint density at radius 3 is 2.76 bits per heavy atom. The molecule has 21 heavy (non-hydrogen) atoms. The van der Waals surface area contributed by atoms with Crippen LogP contribution in [0, 0.1) is 0 Å². The van der Waals surface area contributed by atoms with Gasteiger partial charge in [0.05, 0.1) is 12.8 Å².